The number of amides is 2. The van der Waals surface area contributed by atoms with Crippen LogP contribution < -0.4 is 10.6 Å². The van der Waals surface area contributed by atoms with Gasteiger partial charge in [-0.2, -0.15) is 0 Å². The fourth-order valence-corrected chi connectivity index (χ4v) is 2.12. The highest BCUT2D eigenvalue weighted by molar-refractivity contribution is 6.43. The van der Waals surface area contributed by atoms with Crippen molar-refractivity contribution in [3.05, 3.63) is 33.8 Å². The summed E-state index contributed by atoms with van der Waals surface area (Å²) in [4.78, 5) is 25.8. The zero-order valence-electron chi connectivity index (χ0n) is 12.2. The predicted octanol–water partition coefficient (Wildman–Crippen LogP) is 1.79. The van der Waals surface area contributed by atoms with E-state index in [1.807, 2.05) is 7.05 Å². The molecule has 5 nitrogen and oxygen atoms in total. The summed E-state index contributed by atoms with van der Waals surface area (Å²) in [6.45, 7) is 2.88. The van der Waals surface area contributed by atoms with E-state index >= 15 is 0 Å². The van der Waals surface area contributed by atoms with Gasteiger partial charge in [-0.3, -0.25) is 9.59 Å². The number of likely N-dealkylation sites (N-methyl/N-ethyl adjacent to an activating group) is 2. The Balaban J connectivity index is 2.69. The summed E-state index contributed by atoms with van der Waals surface area (Å²) in [7, 11) is 3.50. The number of rotatable bonds is 6. The van der Waals surface area contributed by atoms with Crippen LogP contribution in [-0.4, -0.2) is 49.9 Å². The number of halogens is 2. The molecule has 116 valence electrons. The van der Waals surface area contributed by atoms with Crippen LogP contribution in [-0.2, 0) is 4.79 Å². The minimum Gasteiger partial charge on any atom is -0.343 e. The zero-order valence-corrected chi connectivity index (χ0v) is 13.8. The van der Waals surface area contributed by atoms with Crippen LogP contribution in [0.3, 0.4) is 0 Å². The first-order valence-electron chi connectivity index (χ1n) is 6.53. The lowest BCUT2D eigenvalue weighted by atomic mass is 10.2. The molecule has 1 atom stereocenters. The van der Waals surface area contributed by atoms with Crippen LogP contribution in [0.15, 0.2) is 18.2 Å². The lowest BCUT2D eigenvalue weighted by Crippen LogP contribution is -2.46. The summed E-state index contributed by atoms with van der Waals surface area (Å²) < 4.78 is 0. The molecule has 2 N–H and O–H groups in total. The predicted molar refractivity (Wildman–Crippen MR) is 85.0 cm³/mol. The molecule has 2 amide bonds. The van der Waals surface area contributed by atoms with Crippen LogP contribution in [0.25, 0.3) is 0 Å². The van der Waals surface area contributed by atoms with E-state index in [1.165, 1.54) is 0 Å². The van der Waals surface area contributed by atoms with Crippen molar-refractivity contribution in [1.29, 1.82) is 0 Å². The van der Waals surface area contributed by atoms with E-state index in [9.17, 15) is 9.59 Å². The van der Waals surface area contributed by atoms with Gasteiger partial charge in [0.1, 0.15) is 6.04 Å². The third kappa shape index (κ3) is 4.88. The molecule has 0 aliphatic rings. The van der Waals surface area contributed by atoms with Crippen molar-refractivity contribution in [2.45, 2.75) is 13.0 Å². The summed E-state index contributed by atoms with van der Waals surface area (Å²) >= 11 is 11.9. The van der Waals surface area contributed by atoms with Gasteiger partial charge >= 0.3 is 0 Å². The Morgan fingerprint density at radius 3 is 2.62 bits per heavy atom. The van der Waals surface area contributed by atoms with Crippen molar-refractivity contribution in [1.82, 2.24) is 15.5 Å². The average Bonchev–Trinajstić information content (AvgIpc) is 2.46. The van der Waals surface area contributed by atoms with E-state index in [-0.39, 0.29) is 16.5 Å². The molecule has 0 aliphatic carbocycles. The maximum atomic E-state index is 12.1. The highest BCUT2D eigenvalue weighted by Crippen LogP contribution is 2.25. The summed E-state index contributed by atoms with van der Waals surface area (Å²) in [6, 6.07) is 4.15. The van der Waals surface area contributed by atoms with E-state index < -0.39 is 11.9 Å². The van der Waals surface area contributed by atoms with Crippen molar-refractivity contribution in [2.24, 2.45) is 0 Å². The molecule has 0 fully saturated rings. The number of hydrogen-bond donors (Lipinski definition) is 2. The Morgan fingerprint density at radius 1 is 1.33 bits per heavy atom. The molecule has 1 aromatic rings. The summed E-state index contributed by atoms with van der Waals surface area (Å²) in [5, 5.41) is 6.07. The van der Waals surface area contributed by atoms with Gasteiger partial charge < -0.3 is 15.5 Å². The normalized spacial score (nSPS) is 11.9. The van der Waals surface area contributed by atoms with Crippen molar-refractivity contribution >= 4 is 35.0 Å². The Kier molecular flexibility index (Phi) is 6.95. The smallest absolute Gasteiger partial charge is 0.253 e. The number of carbonyl (C=O) groups excluding carboxylic acids is 2. The average molecular weight is 332 g/mol. The van der Waals surface area contributed by atoms with Gasteiger partial charge in [0.2, 0.25) is 5.91 Å². The topological polar surface area (TPSA) is 61.4 Å². The quantitative estimate of drug-likeness (QED) is 0.835. The number of nitrogens with one attached hydrogen (secondary N) is 2. The lowest BCUT2D eigenvalue weighted by molar-refractivity contribution is -0.131. The van der Waals surface area contributed by atoms with Gasteiger partial charge in [0.15, 0.2) is 0 Å². The Morgan fingerprint density at radius 2 is 2.00 bits per heavy atom. The van der Waals surface area contributed by atoms with Crippen LogP contribution in [0.2, 0.25) is 10.0 Å². The fourth-order valence-electron chi connectivity index (χ4n) is 1.74. The molecule has 21 heavy (non-hydrogen) atoms. The van der Waals surface area contributed by atoms with E-state index in [1.54, 1.807) is 37.1 Å². The van der Waals surface area contributed by atoms with Crippen molar-refractivity contribution < 1.29 is 9.59 Å². The maximum Gasteiger partial charge on any atom is 0.253 e. The molecule has 0 aromatic heterocycles. The minimum atomic E-state index is -0.644. The number of hydrogen-bond acceptors (Lipinski definition) is 3. The zero-order chi connectivity index (χ0) is 16.0. The van der Waals surface area contributed by atoms with Crippen molar-refractivity contribution in [2.75, 3.05) is 27.2 Å². The number of benzene rings is 1. The second-order valence-electron chi connectivity index (χ2n) is 4.66. The fraction of sp³-hybridized carbons (Fsp3) is 0.429. The first kappa shape index (κ1) is 17.8. The number of nitrogens with zero attached hydrogens (tertiary/aromatic N) is 1. The highest BCUT2D eigenvalue weighted by atomic mass is 35.5. The van der Waals surface area contributed by atoms with Gasteiger partial charge in [-0.15, -0.1) is 0 Å². The van der Waals surface area contributed by atoms with Gasteiger partial charge in [-0.25, -0.2) is 0 Å². The van der Waals surface area contributed by atoms with E-state index in [0.717, 1.165) is 0 Å². The van der Waals surface area contributed by atoms with Gasteiger partial charge in [0, 0.05) is 20.1 Å². The Hall–Kier alpha value is -1.30. The molecule has 0 saturated carbocycles. The summed E-state index contributed by atoms with van der Waals surface area (Å²) in [5.74, 6) is -0.595. The van der Waals surface area contributed by atoms with E-state index in [2.05, 4.69) is 10.6 Å². The highest BCUT2D eigenvalue weighted by Gasteiger charge is 2.21. The van der Waals surface area contributed by atoms with Gasteiger partial charge in [0.25, 0.3) is 5.91 Å². The monoisotopic (exact) mass is 331 g/mol. The molecular weight excluding hydrogens is 313 g/mol. The third-order valence-electron chi connectivity index (χ3n) is 2.99. The first-order chi connectivity index (χ1) is 9.88. The minimum absolute atomic E-state index is 0.170. The molecule has 1 rings (SSSR count). The van der Waals surface area contributed by atoms with Gasteiger partial charge in [0.05, 0.1) is 15.6 Å². The second kappa shape index (κ2) is 8.22. The standard InChI is InChI=1S/C14H19Cl2N3O2/c1-9(14(21)19(3)8-7-17-2)18-13(20)10-5-4-6-11(15)12(10)16/h4-6,9,17H,7-8H2,1-3H3,(H,18,20). The number of carbonyl (C=O) groups is 2. The Bertz CT molecular complexity index is 523. The SMILES string of the molecule is CNCCN(C)C(=O)C(C)NC(=O)c1cccc(Cl)c1Cl. The Labute approximate surface area is 134 Å². The molecule has 0 aliphatic heterocycles. The molecule has 0 saturated heterocycles. The third-order valence-corrected chi connectivity index (χ3v) is 3.81. The second-order valence-corrected chi connectivity index (χ2v) is 5.45. The summed E-state index contributed by atoms with van der Waals surface area (Å²) in [5.41, 5.74) is 0.252. The largest absolute Gasteiger partial charge is 0.343 e. The summed E-state index contributed by atoms with van der Waals surface area (Å²) in [6.07, 6.45) is 0. The van der Waals surface area contributed by atoms with E-state index in [0.29, 0.717) is 18.1 Å². The molecule has 7 heteroatoms. The molecule has 1 aromatic carbocycles. The molecule has 0 heterocycles. The van der Waals surface area contributed by atoms with E-state index in [4.69, 9.17) is 23.2 Å². The van der Waals surface area contributed by atoms with Crippen LogP contribution >= 0.6 is 23.2 Å². The van der Waals surface area contributed by atoms with Gasteiger partial charge in [-0.05, 0) is 26.1 Å². The molecule has 0 bridgehead atoms. The molecule has 0 radical (unpaired) electrons. The molecule has 1 unspecified atom stereocenters. The molecular formula is C14H19Cl2N3O2. The first-order valence-corrected chi connectivity index (χ1v) is 7.28. The van der Waals surface area contributed by atoms with Crippen LogP contribution in [0.4, 0.5) is 0 Å². The van der Waals surface area contributed by atoms with Crippen molar-refractivity contribution in [3.63, 3.8) is 0 Å². The van der Waals surface area contributed by atoms with Gasteiger partial charge in [-0.1, -0.05) is 29.3 Å². The molecule has 0 spiro atoms. The van der Waals surface area contributed by atoms with Crippen LogP contribution in [0.5, 0.6) is 0 Å². The van der Waals surface area contributed by atoms with Crippen LogP contribution in [0.1, 0.15) is 17.3 Å². The maximum absolute atomic E-state index is 12.1. The van der Waals surface area contributed by atoms with Crippen LogP contribution in [0, 0.1) is 0 Å². The lowest BCUT2D eigenvalue weighted by Gasteiger charge is -2.22. The van der Waals surface area contributed by atoms with Crippen molar-refractivity contribution in [3.8, 4) is 0 Å².